The van der Waals surface area contributed by atoms with E-state index >= 15 is 0 Å². The molecule has 3 heterocycles. The Kier molecular flexibility index (Phi) is 12.7. The number of nitrogens with one attached hydrogen (secondary N) is 1. The molecular weight excluding hydrogens is 788 g/mol. The van der Waals surface area contributed by atoms with Crippen molar-refractivity contribution in [1.82, 2.24) is 14.6 Å². The number of rotatable bonds is 12. The molecule has 324 valence electrons. The van der Waals surface area contributed by atoms with Crippen molar-refractivity contribution < 1.29 is 50.2 Å². The van der Waals surface area contributed by atoms with Crippen LogP contribution in [0, 0.1) is 34.5 Å². The number of halogens is 3. The highest BCUT2D eigenvalue weighted by molar-refractivity contribution is 7.91. The van der Waals surface area contributed by atoms with Crippen molar-refractivity contribution in [2.75, 3.05) is 13.2 Å². The van der Waals surface area contributed by atoms with Crippen LogP contribution in [0.4, 0.5) is 13.2 Å². The number of ether oxygens (including phenoxy) is 2. The lowest BCUT2D eigenvalue weighted by Crippen LogP contribution is -2.48. The minimum atomic E-state index is -4.64. The zero-order chi connectivity index (χ0) is 43.1. The molecule has 2 aliphatic heterocycles. The second kappa shape index (κ2) is 16.8. The smallest absolute Gasteiger partial charge is 0.394 e. The maximum atomic E-state index is 14.9. The summed E-state index contributed by atoms with van der Waals surface area (Å²) in [7, 11) is -4.02. The Bertz CT molecular complexity index is 2080. The molecule has 2 amide bonds. The average molecular weight is 846 g/mol. The van der Waals surface area contributed by atoms with Crippen LogP contribution in [-0.2, 0) is 29.2 Å². The maximum absolute atomic E-state index is 14.9. The van der Waals surface area contributed by atoms with Crippen molar-refractivity contribution in [3.05, 3.63) is 42.6 Å². The van der Waals surface area contributed by atoms with Crippen LogP contribution < -0.4 is 14.2 Å². The quantitative estimate of drug-likeness (QED) is 0.211. The van der Waals surface area contributed by atoms with Crippen LogP contribution in [0.25, 0.3) is 10.8 Å². The zero-order valence-corrected chi connectivity index (χ0v) is 35.7. The molecule has 59 heavy (non-hydrogen) atoms. The van der Waals surface area contributed by atoms with E-state index in [-0.39, 0.29) is 37.6 Å². The van der Waals surface area contributed by atoms with Gasteiger partial charge in [0.2, 0.25) is 27.7 Å². The van der Waals surface area contributed by atoms with Crippen molar-refractivity contribution in [2.45, 2.75) is 135 Å². The van der Waals surface area contributed by atoms with Gasteiger partial charge in [0.05, 0.1) is 41.0 Å². The van der Waals surface area contributed by atoms with E-state index in [2.05, 4.69) is 9.71 Å². The predicted octanol–water partition coefficient (Wildman–Crippen LogP) is 7.90. The summed E-state index contributed by atoms with van der Waals surface area (Å²) < 4.78 is 81.9. The molecule has 3 fully saturated rings. The lowest BCUT2D eigenvalue weighted by Gasteiger charge is -2.33. The van der Waals surface area contributed by atoms with Crippen molar-refractivity contribution >= 4 is 44.2 Å². The van der Waals surface area contributed by atoms with E-state index in [9.17, 15) is 40.8 Å². The van der Waals surface area contributed by atoms with Crippen molar-refractivity contribution in [2.24, 2.45) is 34.5 Å². The molecule has 2 aliphatic carbocycles. The van der Waals surface area contributed by atoms with E-state index in [0.717, 1.165) is 25.7 Å². The number of amides is 2. The number of hydrogen-bond donors (Lipinski definition) is 1. The number of benzene rings is 1. The van der Waals surface area contributed by atoms with E-state index in [1.807, 2.05) is 57.2 Å². The van der Waals surface area contributed by atoms with Gasteiger partial charge in [0.25, 0.3) is 0 Å². The summed E-state index contributed by atoms with van der Waals surface area (Å²) in [6.07, 6.45) is 2.06. The number of hydrogen-bond acceptors (Lipinski definition) is 9. The normalized spacial score (nSPS) is 29.4. The first-order valence-electron chi connectivity index (χ1n) is 20.9. The van der Waals surface area contributed by atoms with Crippen LogP contribution in [0.3, 0.4) is 0 Å². The van der Waals surface area contributed by atoms with E-state index in [1.165, 1.54) is 4.90 Å². The Morgan fingerprint density at radius 3 is 2.42 bits per heavy atom. The van der Waals surface area contributed by atoms with Crippen molar-refractivity contribution in [1.29, 1.82) is 0 Å². The molecule has 6 rings (SSSR count). The molecule has 2 saturated carbocycles. The molecule has 1 saturated heterocycles. The number of aromatic nitrogens is 1. The summed E-state index contributed by atoms with van der Waals surface area (Å²) in [5.74, 6) is -3.46. The summed E-state index contributed by atoms with van der Waals surface area (Å²) in [6, 6.07) is 6.26. The topological polar surface area (TPSA) is 149 Å². The molecular formula is C44H58F3N3O8S. The average Bonchev–Trinajstić information content (AvgIpc) is 4.04. The Balaban J connectivity index is 1.35. The highest BCUT2D eigenvalue weighted by atomic mass is 32.2. The van der Waals surface area contributed by atoms with E-state index in [0.29, 0.717) is 49.8 Å². The number of sulfonamides is 1. The number of carbonyl (C=O) groups excluding carboxylic acids is 4. The second-order valence-corrected chi connectivity index (χ2v) is 20.7. The summed E-state index contributed by atoms with van der Waals surface area (Å²) in [5.41, 5.74) is -3.67. The number of alkyl halides is 3. The molecule has 7 atom stereocenters. The highest BCUT2D eigenvalue weighted by Gasteiger charge is 2.63. The third kappa shape index (κ3) is 9.49. The highest BCUT2D eigenvalue weighted by Crippen LogP contribution is 2.58. The van der Waals surface area contributed by atoms with Crippen LogP contribution in [-0.4, -0.2) is 77.9 Å². The van der Waals surface area contributed by atoms with Gasteiger partial charge in [-0.3, -0.25) is 23.9 Å². The molecule has 0 spiro atoms. The fraction of sp³-hybridized carbons (Fsp3) is 0.659. The Morgan fingerprint density at radius 2 is 1.76 bits per heavy atom. The molecule has 1 aromatic heterocycles. The minimum Gasteiger partial charge on any atom is -0.491 e. The van der Waals surface area contributed by atoms with Crippen LogP contribution in [0.15, 0.2) is 42.6 Å². The largest absolute Gasteiger partial charge is 0.491 e. The Morgan fingerprint density at radius 1 is 1.07 bits per heavy atom. The number of fused-ring (bicyclic) bond motifs is 3. The number of pyridine rings is 1. The molecule has 15 heteroatoms. The summed E-state index contributed by atoms with van der Waals surface area (Å²) in [6.45, 7) is 9.72. The molecule has 1 N–H and O–H groups in total. The molecule has 2 aromatic rings. The molecule has 11 nitrogen and oxygen atoms in total. The van der Waals surface area contributed by atoms with Gasteiger partial charge in [-0.05, 0) is 75.7 Å². The molecule has 1 aromatic carbocycles. The summed E-state index contributed by atoms with van der Waals surface area (Å²) in [4.78, 5) is 63.1. The van der Waals surface area contributed by atoms with Gasteiger partial charge in [0, 0.05) is 42.4 Å². The first kappa shape index (κ1) is 44.5. The van der Waals surface area contributed by atoms with Crippen LogP contribution in [0.1, 0.15) is 112 Å². The van der Waals surface area contributed by atoms with Gasteiger partial charge < -0.3 is 14.4 Å². The van der Waals surface area contributed by atoms with Crippen molar-refractivity contribution in [3.8, 4) is 11.6 Å². The Labute approximate surface area is 345 Å². The van der Waals surface area contributed by atoms with E-state index in [4.69, 9.17) is 9.47 Å². The first-order valence-corrected chi connectivity index (χ1v) is 22.4. The molecule has 0 unspecified atom stereocenters. The monoisotopic (exact) mass is 845 g/mol. The summed E-state index contributed by atoms with van der Waals surface area (Å²) in [5, 5.41) is 1.40. The number of nitrogens with zero attached hydrogens (tertiary/aromatic N) is 2. The van der Waals surface area contributed by atoms with E-state index in [1.54, 1.807) is 13.1 Å². The van der Waals surface area contributed by atoms with E-state index < -0.39 is 97.9 Å². The second-order valence-electron chi connectivity index (χ2n) is 18.5. The number of ketones is 2. The van der Waals surface area contributed by atoms with Crippen molar-refractivity contribution in [3.63, 3.8) is 0 Å². The van der Waals surface area contributed by atoms with Gasteiger partial charge in [0.1, 0.15) is 17.6 Å². The van der Waals surface area contributed by atoms with Crippen LogP contribution >= 0.6 is 0 Å². The van der Waals surface area contributed by atoms with Gasteiger partial charge in [-0.2, -0.15) is 13.2 Å². The lowest BCUT2D eigenvalue weighted by molar-refractivity contribution is -0.213. The van der Waals surface area contributed by atoms with Gasteiger partial charge in [-0.1, -0.05) is 65.0 Å². The third-order valence-corrected chi connectivity index (χ3v) is 15.3. The zero-order valence-electron chi connectivity index (χ0n) is 34.9. The SMILES string of the molecule is CCCOc1cnc(O[C@@H]2C[C@H]3C(=O)C[C@]4(C(=O)NS(=O)(=O)C5(C)CC5)C[C@H]4/C=C\CC[C@H](C)C[C@@H](C)[C@H](CC(=O)CC(C)(C)C(F)(F)F)C(=O)N3C2)c2ccccc12. The molecule has 0 radical (unpaired) electrons. The summed E-state index contributed by atoms with van der Waals surface area (Å²) >= 11 is 0. The Hall–Kier alpha value is -4.01. The van der Waals surface area contributed by atoms with Gasteiger partial charge in [0.15, 0.2) is 5.78 Å². The third-order valence-electron chi connectivity index (χ3n) is 13.1. The fourth-order valence-electron chi connectivity index (χ4n) is 8.72. The number of carbonyl (C=O) groups is 4. The van der Waals surface area contributed by atoms with Crippen LogP contribution in [0.5, 0.6) is 11.6 Å². The maximum Gasteiger partial charge on any atom is 0.394 e. The number of allylic oxidation sites excluding steroid dienone is 2. The predicted molar refractivity (Wildman–Crippen MR) is 216 cm³/mol. The fourth-order valence-corrected chi connectivity index (χ4v) is 10.0. The minimum absolute atomic E-state index is 0.00972. The van der Waals surface area contributed by atoms with Crippen LogP contribution in [0.2, 0.25) is 0 Å². The lowest BCUT2D eigenvalue weighted by atomic mass is 9.78. The molecule has 4 aliphatic rings. The first-order chi connectivity index (χ1) is 27.6. The van der Waals surface area contributed by atoms with Gasteiger partial charge in [-0.25, -0.2) is 13.4 Å². The molecule has 0 bridgehead atoms. The van der Waals surface area contributed by atoms with Gasteiger partial charge >= 0.3 is 6.18 Å². The number of Topliss-reactive ketones (excluding diaryl/α,β-unsaturated/α-hetero) is 2. The van der Waals surface area contributed by atoms with Gasteiger partial charge in [-0.15, -0.1) is 0 Å². The standard InChI is InChI=1S/C44H58F3N3O8S/c1-7-18-57-37-25-48-38(33-15-11-10-14-32(33)37)58-31-21-35-36(52)24-43(40(54)49-59(55,56)42(6)16-17-42)22-29(43)13-9-8-12-27(2)19-28(3)34(39(53)50(35)26-31)20-30(51)23-41(4,5)44(45,46)47/h9-11,13-15,25,27-29,31,34-35H,7-8,12,16-24,26H2,1-6H3,(H,49,54)/b13-9-/t27-,28+,29+,31+,34-,35-,43+/m0/s1.